The molecular weight excluding hydrogens is 308 g/mol. The maximum Gasteiger partial charge on any atom is 0.0406 e. The molecule has 0 nitrogen and oxygen atoms in total. The Morgan fingerprint density at radius 2 is 1.39 bits per heavy atom. The van der Waals surface area contributed by atoms with Crippen molar-refractivity contribution in [2.24, 2.45) is 0 Å². The van der Waals surface area contributed by atoms with Crippen LogP contribution < -0.4 is 0 Å². The quantitative estimate of drug-likeness (QED) is 0.522. The highest BCUT2D eigenvalue weighted by atomic mass is 79.9. The van der Waals surface area contributed by atoms with Crippen molar-refractivity contribution in [1.29, 1.82) is 0 Å². The summed E-state index contributed by atoms with van der Waals surface area (Å²) in [6, 6.07) is 20.6. The van der Waals surface area contributed by atoms with Crippen molar-refractivity contribution < 1.29 is 0 Å². The van der Waals surface area contributed by atoms with E-state index in [-0.39, 0.29) is 0 Å². The second-order valence-electron chi connectivity index (χ2n) is 4.19. The van der Waals surface area contributed by atoms with Gasteiger partial charge in [0.15, 0.2) is 0 Å². The van der Waals surface area contributed by atoms with Crippen molar-refractivity contribution in [3.63, 3.8) is 0 Å². The molecule has 2 heteroatoms. The Morgan fingerprint density at radius 1 is 0.778 bits per heavy atom. The van der Waals surface area contributed by atoms with Crippen LogP contribution in [-0.4, -0.2) is 0 Å². The Morgan fingerprint density at radius 3 is 2.06 bits per heavy atom. The van der Waals surface area contributed by atoms with E-state index in [1.807, 2.05) is 24.3 Å². The number of halogens is 2. The van der Waals surface area contributed by atoms with E-state index in [1.165, 1.54) is 16.3 Å². The van der Waals surface area contributed by atoms with Gasteiger partial charge in [0.05, 0.1) is 0 Å². The van der Waals surface area contributed by atoms with Gasteiger partial charge in [0.25, 0.3) is 0 Å². The number of hydrogen-bond donors (Lipinski definition) is 0. The molecular formula is C16H10BrCl. The van der Waals surface area contributed by atoms with Crippen molar-refractivity contribution in [2.75, 3.05) is 0 Å². The van der Waals surface area contributed by atoms with Gasteiger partial charge < -0.3 is 0 Å². The number of hydrogen-bond acceptors (Lipinski definition) is 0. The van der Waals surface area contributed by atoms with Gasteiger partial charge in [-0.05, 0) is 46.2 Å². The minimum atomic E-state index is 0.760. The molecule has 0 aromatic heterocycles. The van der Waals surface area contributed by atoms with Crippen LogP contribution in [0.2, 0.25) is 5.02 Å². The highest BCUT2D eigenvalue weighted by molar-refractivity contribution is 9.10. The third-order valence-electron chi connectivity index (χ3n) is 2.99. The molecule has 0 atom stereocenters. The summed E-state index contributed by atoms with van der Waals surface area (Å²) >= 11 is 9.56. The zero-order valence-corrected chi connectivity index (χ0v) is 11.9. The highest BCUT2D eigenvalue weighted by Gasteiger charge is 2.05. The van der Waals surface area contributed by atoms with Crippen molar-refractivity contribution in [3.8, 4) is 11.1 Å². The van der Waals surface area contributed by atoms with E-state index in [9.17, 15) is 0 Å². The van der Waals surface area contributed by atoms with Crippen LogP contribution in [0.1, 0.15) is 0 Å². The van der Waals surface area contributed by atoms with Crippen molar-refractivity contribution in [3.05, 3.63) is 70.2 Å². The van der Waals surface area contributed by atoms with Gasteiger partial charge in [-0.1, -0.05) is 63.9 Å². The van der Waals surface area contributed by atoms with Crippen LogP contribution >= 0.6 is 27.5 Å². The Balaban J connectivity index is 2.22. The van der Waals surface area contributed by atoms with E-state index in [0.717, 1.165) is 15.1 Å². The minimum absolute atomic E-state index is 0.760. The smallest absolute Gasteiger partial charge is 0.0406 e. The Hall–Kier alpha value is -1.31. The van der Waals surface area contributed by atoms with Crippen molar-refractivity contribution in [1.82, 2.24) is 0 Å². The van der Waals surface area contributed by atoms with Gasteiger partial charge >= 0.3 is 0 Å². The maximum atomic E-state index is 5.92. The molecule has 0 aliphatic rings. The fourth-order valence-electron chi connectivity index (χ4n) is 2.06. The summed E-state index contributed by atoms with van der Waals surface area (Å²) in [6.45, 7) is 0. The van der Waals surface area contributed by atoms with Crippen LogP contribution in [0.5, 0.6) is 0 Å². The van der Waals surface area contributed by atoms with E-state index >= 15 is 0 Å². The molecule has 0 unspecified atom stereocenters. The zero-order valence-electron chi connectivity index (χ0n) is 9.53. The van der Waals surface area contributed by atoms with Gasteiger partial charge in [-0.25, -0.2) is 0 Å². The molecule has 0 radical (unpaired) electrons. The topological polar surface area (TPSA) is 0 Å². The van der Waals surface area contributed by atoms with E-state index in [0.29, 0.717) is 0 Å². The molecule has 0 aliphatic carbocycles. The largest absolute Gasteiger partial charge is 0.0843 e. The average molecular weight is 318 g/mol. The number of benzene rings is 3. The lowest BCUT2D eigenvalue weighted by Crippen LogP contribution is -1.81. The van der Waals surface area contributed by atoms with Crippen LogP contribution in [0.25, 0.3) is 21.9 Å². The zero-order chi connectivity index (χ0) is 12.5. The Bertz CT molecular complexity index is 702. The van der Waals surface area contributed by atoms with Gasteiger partial charge in [-0.15, -0.1) is 0 Å². The predicted octanol–water partition coefficient (Wildman–Crippen LogP) is 5.92. The molecule has 18 heavy (non-hydrogen) atoms. The SMILES string of the molecule is Clc1ccc(-c2cc3ccccc3cc2Br)cc1. The third-order valence-corrected chi connectivity index (χ3v) is 3.90. The van der Waals surface area contributed by atoms with Crippen LogP contribution in [0.3, 0.4) is 0 Å². The summed E-state index contributed by atoms with van der Waals surface area (Å²) in [5, 5.41) is 3.24. The van der Waals surface area contributed by atoms with Gasteiger partial charge in [0, 0.05) is 9.50 Å². The first-order chi connectivity index (χ1) is 8.74. The van der Waals surface area contributed by atoms with E-state index in [1.54, 1.807) is 0 Å². The van der Waals surface area contributed by atoms with Gasteiger partial charge in [-0.2, -0.15) is 0 Å². The summed E-state index contributed by atoms with van der Waals surface area (Å²) in [4.78, 5) is 0. The van der Waals surface area contributed by atoms with Crippen LogP contribution in [0, 0.1) is 0 Å². The Kier molecular flexibility index (Phi) is 3.11. The molecule has 3 aromatic carbocycles. The van der Waals surface area contributed by atoms with E-state index < -0.39 is 0 Å². The van der Waals surface area contributed by atoms with E-state index in [2.05, 4.69) is 52.3 Å². The lowest BCUT2D eigenvalue weighted by Gasteiger charge is -2.07. The lowest BCUT2D eigenvalue weighted by molar-refractivity contribution is 1.61. The third kappa shape index (κ3) is 2.16. The standard InChI is InChI=1S/C16H10BrCl/c17-16-10-13-4-2-1-3-12(13)9-15(16)11-5-7-14(18)8-6-11/h1-10H. The van der Waals surface area contributed by atoms with Gasteiger partial charge in [-0.3, -0.25) is 0 Å². The second kappa shape index (κ2) is 4.75. The predicted molar refractivity (Wildman–Crippen MR) is 82.1 cm³/mol. The molecule has 0 spiro atoms. The fraction of sp³-hybridized carbons (Fsp3) is 0. The van der Waals surface area contributed by atoms with Crippen LogP contribution in [-0.2, 0) is 0 Å². The molecule has 88 valence electrons. The molecule has 0 heterocycles. The summed E-state index contributed by atoms with van der Waals surface area (Å²) < 4.78 is 1.10. The van der Waals surface area contributed by atoms with Crippen LogP contribution in [0.15, 0.2) is 65.1 Å². The molecule has 0 fully saturated rings. The molecule has 0 amide bonds. The lowest BCUT2D eigenvalue weighted by atomic mass is 10.0. The summed E-state index contributed by atoms with van der Waals surface area (Å²) in [5.41, 5.74) is 2.35. The van der Waals surface area contributed by atoms with Crippen molar-refractivity contribution in [2.45, 2.75) is 0 Å². The molecule has 0 saturated carbocycles. The average Bonchev–Trinajstić information content (AvgIpc) is 2.39. The first kappa shape index (κ1) is 11.8. The molecule has 0 saturated heterocycles. The maximum absolute atomic E-state index is 5.92. The number of fused-ring (bicyclic) bond motifs is 1. The summed E-state index contributed by atoms with van der Waals surface area (Å²) in [6.07, 6.45) is 0. The Labute approximate surface area is 119 Å². The minimum Gasteiger partial charge on any atom is -0.0843 e. The monoisotopic (exact) mass is 316 g/mol. The summed E-state index contributed by atoms with van der Waals surface area (Å²) in [5.74, 6) is 0. The normalized spacial score (nSPS) is 10.8. The fourth-order valence-corrected chi connectivity index (χ4v) is 2.78. The molecule has 0 aliphatic heterocycles. The van der Waals surface area contributed by atoms with Crippen LogP contribution in [0.4, 0.5) is 0 Å². The van der Waals surface area contributed by atoms with Gasteiger partial charge in [0.1, 0.15) is 0 Å². The molecule has 3 rings (SSSR count). The second-order valence-corrected chi connectivity index (χ2v) is 5.48. The molecule has 0 bridgehead atoms. The highest BCUT2D eigenvalue weighted by Crippen LogP contribution is 2.32. The molecule has 3 aromatic rings. The first-order valence-electron chi connectivity index (χ1n) is 5.68. The number of rotatable bonds is 1. The van der Waals surface area contributed by atoms with E-state index in [4.69, 9.17) is 11.6 Å². The first-order valence-corrected chi connectivity index (χ1v) is 6.85. The van der Waals surface area contributed by atoms with Gasteiger partial charge in [0.2, 0.25) is 0 Å². The summed E-state index contributed by atoms with van der Waals surface area (Å²) in [7, 11) is 0. The van der Waals surface area contributed by atoms with Crippen molar-refractivity contribution >= 4 is 38.3 Å². The molecule has 0 N–H and O–H groups in total.